The third kappa shape index (κ3) is 6.14. The third-order valence-corrected chi connectivity index (χ3v) is 4.27. The van der Waals surface area contributed by atoms with Crippen LogP contribution in [0.4, 0.5) is 0 Å². The Morgan fingerprint density at radius 1 is 0.862 bits per heavy atom. The van der Waals surface area contributed by atoms with Crippen LogP contribution in [0.5, 0.6) is 5.75 Å². The Hall–Kier alpha value is -3.73. The number of ether oxygens (including phenoxy) is 1. The molecule has 0 aromatic heterocycles. The summed E-state index contributed by atoms with van der Waals surface area (Å²) in [4.78, 5) is 24.1. The number of rotatable bonds is 6. The zero-order chi connectivity index (χ0) is 20.6. The van der Waals surface area contributed by atoms with Gasteiger partial charge in [-0.15, -0.1) is 0 Å². The van der Waals surface area contributed by atoms with E-state index in [1.54, 1.807) is 42.6 Å². The van der Waals surface area contributed by atoms with Crippen molar-refractivity contribution in [2.45, 2.75) is 20.3 Å². The number of nitrogens with one attached hydrogen (secondary N) is 1. The van der Waals surface area contributed by atoms with Crippen LogP contribution in [0.3, 0.4) is 0 Å². The molecule has 0 radical (unpaired) electrons. The van der Waals surface area contributed by atoms with Crippen molar-refractivity contribution in [1.29, 1.82) is 0 Å². The molecule has 29 heavy (non-hydrogen) atoms. The number of carbonyl (C=O) groups excluding carboxylic acids is 2. The molecule has 0 atom stereocenters. The summed E-state index contributed by atoms with van der Waals surface area (Å²) in [6.07, 6.45) is 1.81. The Labute approximate surface area is 170 Å². The zero-order valence-electron chi connectivity index (χ0n) is 16.4. The Morgan fingerprint density at radius 2 is 1.45 bits per heavy atom. The predicted molar refractivity (Wildman–Crippen MR) is 113 cm³/mol. The van der Waals surface area contributed by atoms with E-state index in [-0.39, 0.29) is 12.3 Å². The first kappa shape index (κ1) is 20.0. The Kier molecular flexibility index (Phi) is 6.53. The van der Waals surface area contributed by atoms with Crippen LogP contribution < -0.4 is 10.2 Å². The summed E-state index contributed by atoms with van der Waals surface area (Å²) in [5.74, 6) is -0.153. The first-order chi connectivity index (χ1) is 14.0. The lowest BCUT2D eigenvalue weighted by molar-refractivity contribution is -0.120. The molecule has 0 saturated heterocycles. The van der Waals surface area contributed by atoms with Crippen molar-refractivity contribution in [1.82, 2.24) is 5.43 Å². The molecule has 0 saturated carbocycles. The normalized spacial score (nSPS) is 10.7. The van der Waals surface area contributed by atoms with E-state index in [9.17, 15) is 9.59 Å². The van der Waals surface area contributed by atoms with Crippen LogP contribution in [0.15, 0.2) is 77.9 Å². The second-order valence-corrected chi connectivity index (χ2v) is 6.78. The number of amides is 1. The summed E-state index contributed by atoms with van der Waals surface area (Å²) in [5.41, 5.74) is 6.95. The molecule has 0 bridgehead atoms. The van der Waals surface area contributed by atoms with Crippen LogP contribution in [-0.2, 0) is 11.2 Å². The summed E-state index contributed by atoms with van der Waals surface area (Å²) in [6.45, 7) is 3.96. The molecule has 3 aromatic rings. The average Bonchev–Trinajstić information content (AvgIpc) is 2.71. The summed E-state index contributed by atoms with van der Waals surface area (Å²) >= 11 is 0. The van der Waals surface area contributed by atoms with E-state index in [0.29, 0.717) is 11.3 Å². The van der Waals surface area contributed by atoms with Crippen molar-refractivity contribution in [3.8, 4) is 5.75 Å². The van der Waals surface area contributed by atoms with E-state index in [2.05, 4.69) is 10.5 Å². The van der Waals surface area contributed by atoms with Crippen molar-refractivity contribution in [2.24, 2.45) is 5.10 Å². The fraction of sp³-hybridized carbons (Fsp3) is 0.125. The standard InChI is InChI=1S/C24H22N2O3/c1-17-3-7-19(8-4-17)15-23(27)26-25-16-20-9-13-22(14-10-20)29-24(28)21-11-5-18(2)6-12-21/h3-14,16H,15H2,1-2H3,(H,26,27). The van der Waals surface area contributed by atoms with Gasteiger partial charge in [0.25, 0.3) is 0 Å². The average molecular weight is 386 g/mol. The number of benzene rings is 3. The quantitative estimate of drug-likeness (QED) is 0.299. The number of hydrogen-bond donors (Lipinski definition) is 1. The number of carbonyl (C=O) groups is 2. The zero-order valence-corrected chi connectivity index (χ0v) is 16.4. The SMILES string of the molecule is Cc1ccc(CC(=O)NN=Cc2ccc(OC(=O)c3ccc(C)cc3)cc2)cc1. The highest BCUT2D eigenvalue weighted by Crippen LogP contribution is 2.14. The lowest BCUT2D eigenvalue weighted by atomic mass is 10.1. The second-order valence-electron chi connectivity index (χ2n) is 6.78. The largest absolute Gasteiger partial charge is 0.423 e. The molecule has 3 rings (SSSR count). The van der Waals surface area contributed by atoms with E-state index in [4.69, 9.17) is 4.74 Å². The van der Waals surface area contributed by atoms with Crippen LogP contribution in [-0.4, -0.2) is 18.1 Å². The fourth-order valence-electron chi connectivity index (χ4n) is 2.59. The van der Waals surface area contributed by atoms with Gasteiger partial charge in [0.2, 0.25) is 5.91 Å². The number of hydrogen-bond acceptors (Lipinski definition) is 4. The monoisotopic (exact) mass is 386 g/mol. The summed E-state index contributed by atoms with van der Waals surface area (Å²) in [7, 11) is 0. The van der Waals surface area contributed by atoms with Crippen LogP contribution in [0.2, 0.25) is 0 Å². The predicted octanol–water partition coefficient (Wildman–Crippen LogP) is 4.22. The molecule has 1 N–H and O–H groups in total. The van der Waals surface area contributed by atoms with Crippen molar-refractivity contribution < 1.29 is 14.3 Å². The van der Waals surface area contributed by atoms with Gasteiger partial charge < -0.3 is 4.74 Å². The van der Waals surface area contributed by atoms with Gasteiger partial charge in [-0.2, -0.15) is 5.10 Å². The fourth-order valence-corrected chi connectivity index (χ4v) is 2.59. The van der Waals surface area contributed by atoms with Crippen molar-refractivity contribution in [3.05, 3.63) is 101 Å². The second kappa shape index (κ2) is 9.46. The number of esters is 1. The van der Waals surface area contributed by atoms with Gasteiger partial charge in [-0.3, -0.25) is 4.79 Å². The molecule has 1 amide bonds. The van der Waals surface area contributed by atoms with Gasteiger partial charge in [-0.05, 0) is 61.4 Å². The lowest BCUT2D eigenvalue weighted by Gasteiger charge is -2.05. The molecule has 0 heterocycles. The van der Waals surface area contributed by atoms with Crippen molar-refractivity contribution in [3.63, 3.8) is 0 Å². The molecular formula is C24H22N2O3. The molecule has 0 aliphatic rings. The van der Waals surface area contributed by atoms with Crippen LogP contribution in [0.1, 0.15) is 32.6 Å². The first-order valence-electron chi connectivity index (χ1n) is 9.26. The highest BCUT2D eigenvalue weighted by atomic mass is 16.5. The Balaban J connectivity index is 1.50. The number of aryl methyl sites for hydroxylation is 2. The molecule has 0 fully saturated rings. The summed E-state index contributed by atoms with van der Waals surface area (Å²) in [6, 6.07) is 21.9. The smallest absolute Gasteiger partial charge is 0.343 e. The van der Waals surface area contributed by atoms with E-state index < -0.39 is 5.97 Å². The van der Waals surface area contributed by atoms with Crippen molar-refractivity contribution >= 4 is 18.1 Å². The lowest BCUT2D eigenvalue weighted by Crippen LogP contribution is -2.19. The molecule has 146 valence electrons. The van der Waals surface area contributed by atoms with Gasteiger partial charge in [0, 0.05) is 0 Å². The maximum absolute atomic E-state index is 12.1. The maximum atomic E-state index is 12.1. The third-order valence-electron chi connectivity index (χ3n) is 4.27. The molecule has 0 aliphatic heterocycles. The molecule has 0 aliphatic carbocycles. The van der Waals surface area contributed by atoms with Crippen molar-refractivity contribution in [2.75, 3.05) is 0 Å². The van der Waals surface area contributed by atoms with E-state index in [1.807, 2.05) is 50.2 Å². The Bertz CT molecular complexity index is 1010. The van der Waals surface area contributed by atoms with Gasteiger partial charge in [-0.25, -0.2) is 10.2 Å². The van der Waals surface area contributed by atoms with E-state index in [0.717, 1.165) is 22.3 Å². The van der Waals surface area contributed by atoms with Crippen LogP contribution >= 0.6 is 0 Å². The molecular weight excluding hydrogens is 364 g/mol. The highest BCUT2D eigenvalue weighted by Gasteiger charge is 2.08. The maximum Gasteiger partial charge on any atom is 0.343 e. The minimum Gasteiger partial charge on any atom is -0.423 e. The highest BCUT2D eigenvalue weighted by molar-refractivity contribution is 5.91. The molecule has 0 unspecified atom stereocenters. The molecule has 0 spiro atoms. The summed E-state index contributed by atoms with van der Waals surface area (Å²) in [5, 5.41) is 3.97. The topological polar surface area (TPSA) is 67.8 Å². The minimum atomic E-state index is -0.408. The van der Waals surface area contributed by atoms with Crippen LogP contribution in [0, 0.1) is 13.8 Å². The summed E-state index contributed by atoms with van der Waals surface area (Å²) < 4.78 is 5.36. The molecule has 5 nitrogen and oxygen atoms in total. The number of nitrogens with zero attached hydrogens (tertiary/aromatic N) is 1. The van der Waals surface area contributed by atoms with Gasteiger partial charge in [0.15, 0.2) is 0 Å². The molecule has 5 heteroatoms. The van der Waals surface area contributed by atoms with Gasteiger partial charge >= 0.3 is 5.97 Å². The Morgan fingerprint density at radius 3 is 2.07 bits per heavy atom. The van der Waals surface area contributed by atoms with Gasteiger partial charge in [0.05, 0.1) is 18.2 Å². The first-order valence-corrected chi connectivity index (χ1v) is 9.26. The minimum absolute atomic E-state index is 0.186. The van der Waals surface area contributed by atoms with Crippen LogP contribution in [0.25, 0.3) is 0 Å². The van der Waals surface area contributed by atoms with E-state index in [1.165, 1.54) is 0 Å². The number of hydrazone groups is 1. The van der Waals surface area contributed by atoms with Gasteiger partial charge in [-0.1, -0.05) is 47.5 Å². The van der Waals surface area contributed by atoms with E-state index >= 15 is 0 Å². The molecule has 3 aromatic carbocycles. The van der Waals surface area contributed by atoms with Gasteiger partial charge in [0.1, 0.15) is 5.75 Å².